The van der Waals surface area contributed by atoms with Crippen LogP contribution in [0.25, 0.3) is 0 Å². The fourth-order valence-corrected chi connectivity index (χ4v) is 6.24. The molecule has 4 rings (SSSR count). The molecule has 2 aromatic rings. The number of carbonyl (C=O) groups excluding carboxylic acids is 1. The number of nitrogens with zero attached hydrogens (tertiary/aromatic N) is 1. The lowest BCUT2D eigenvalue weighted by atomic mass is 9.84. The Labute approximate surface area is 184 Å². The van der Waals surface area contributed by atoms with Gasteiger partial charge in [0.25, 0.3) is 0 Å². The highest BCUT2D eigenvalue weighted by molar-refractivity contribution is 7.89. The number of benzene rings is 2. The molecule has 2 aromatic carbocycles. The van der Waals surface area contributed by atoms with Gasteiger partial charge in [-0.25, -0.2) is 8.42 Å². The van der Waals surface area contributed by atoms with Gasteiger partial charge in [0, 0.05) is 23.7 Å². The number of sulfonamides is 1. The molecule has 1 aliphatic heterocycles. The van der Waals surface area contributed by atoms with Crippen molar-refractivity contribution in [3.63, 3.8) is 0 Å². The summed E-state index contributed by atoms with van der Waals surface area (Å²) >= 11 is 0. The molecule has 0 bridgehead atoms. The smallest absolute Gasteiger partial charge is 0.243 e. The SMILES string of the molecule is COc1ccc(C(=O)C2=CC(C3CCCCC3)N(S(=O)(=O)c3ccc(C)cc3)C2)cc1. The van der Waals surface area contributed by atoms with Gasteiger partial charge in [0.15, 0.2) is 5.78 Å². The van der Waals surface area contributed by atoms with Gasteiger partial charge in [-0.1, -0.05) is 43.0 Å². The van der Waals surface area contributed by atoms with Gasteiger partial charge in [-0.05, 0) is 62.1 Å². The predicted molar refractivity (Wildman–Crippen MR) is 121 cm³/mol. The predicted octanol–water partition coefficient (Wildman–Crippen LogP) is 4.77. The van der Waals surface area contributed by atoms with E-state index in [0.29, 0.717) is 16.9 Å². The van der Waals surface area contributed by atoms with Crippen molar-refractivity contribution in [2.24, 2.45) is 5.92 Å². The Kier molecular flexibility index (Phi) is 6.30. The third-order valence-electron chi connectivity index (χ3n) is 6.43. The van der Waals surface area contributed by atoms with Crippen molar-refractivity contribution in [3.8, 4) is 5.75 Å². The Morgan fingerprint density at radius 2 is 1.61 bits per heavy atom. The van der Waals surface area contributed by atoms with Crippen LogP contribution in [0.1, 0.15) is 48.0 Å². The summed E-state index contributed by atoms with van der Waals surface area (Å²) in [5.41, 5.74) is 2.11. The molecule has 6 heteroatoms. The van der Waals surface area contributed by atoms with Crippen molar-refractivity contribution in [1.29, 1.82) is 0 Å². The second-order valence-electron chi connectivity index (χ2n) is 8.50. The quantitative estimate of drug-likeness (QED) is 0.609. The highest BCUT2D eigenvalue weighted by atomic mass is 32.2. The summed E-state index contributed by atoms with van der Waals surface area (Å²) in [5.74, 6) is 0.806. The van der Waals surface area contributed by atoms with Crippen LogP contribution in [0.15, 0.2) is 65.1 Å². The second-order valence-corrected chi connectivity index (χ2v) is 10.4. The van der Waals surface area contributed by atoms with E-state index in [1.54, 1.807) is 47.8 Å². The van der Waals surface area contributed by atoms with Gasteiger partial charge in [-0.2, -0.15) is 4.31 Å². The average molecular weight is 440 g/mol. The topological polar surface area (TPSA) is 63.7 Å². The molecule has 1 aliphatic carbocycles. The Morgan fingerprint density at radius 3 is 2.23 bits per heavy atom. The summed E-state index contributed by atoms with van der Waals surface area (Å²) < 4.78 is 33.8. The fraction of sp³-hybridized carbons (Fsp3) is 0.400. The molecule has 164 valence electrons. The number of hydrogen-bond donors (Lipinski definition) is 0. The molecule has 0 spiro atoms. The number of methoxy groups -OCH3 is 1. The minimum Gasteiger partial charge on any atom is -0.497 e. The van der Waals surface area contributed by atoms with Gasteiger partial charge in [0.05, 0.1) is 12.0 Å². The maximum Gasteiger partial charge on any atom is 0.243 e. The summed E-state index contributed by atoms with van der Waals surface area (Å²) in [6, 6.07) is 13.6. The van der Waals surface area contributed by atoms with Crippen LogP contribution in [0, 0.1) is 12.8 Å². The Hall–Kier alpha value is -2.44. The van der Waals surface area contributed by atoms with E-state index in [2.05, 4.69) is 0 Å². The second kappa shape index (κ2) is 8.97. The fourth-order valence-electron chi connectivity index (χ4n) is 4.63. The van der Waals surface area contributed by atoms with E-state index in [1.807, 2.05) is 25.1 Å². The van der Waals surface area contributed by atoms with Crippen LogP contribution in [-0.4, -0.2) is 38.2 Å². The van der Waals surface area contributed by atoms with E-state index >= 15 is 0 Å². The van der Waals surface area contributed by atoms with Crippen molar-refractivity contribution in [1.82, 2.24) is 4.31 Å². The van der Waals surface area contributed by atoms with E-state index in [4.69, 9.17) is 4.74 Å². The number of Topliss-reactive ketones (excluding diaryl/α,β-unsaturated/α-hetero) is 1. The maximum atomic E-state index is 13.6. The standard InChI is InChI=1S/C25H29NO4S/c1-18-8-14-23(15-9-18)31(28,29)26-17-21(16-24(26)19-6-4-3-5-7-19)25(27)20-10-12-22(30-2)13-11-20/h8-16,19,24H,3-7,17H2,1-2H3. The van der Waals surface area contributed by atoms with Crippen LogP contribution in [0.4, 0.5) is 0 Å². The van der Waals surface area contributed by atoms with Gasteiger partial charge >= 0.3 is 0 Å². The molecular weight excluding hydrogens is 410 g/mol. The number of ketones is 1. The zero-order valence-electron chi connectivity index (χ0n) is 18.1. The molecule has 1 saturated carbocycles. The molecular formula is C25H29NO4S. The van der Waals surface area contributed by atoms with Crippen LogP contribution >= 0.6 is 0 Å². The molecule has 0 radical (unpaired) electrons. The first kappa shape index (κ1) is 21.8. The summed E-state index contributed by atoms with van der Waals surface area (Å²) in [5, 5.41) is 0. The van der Waals surface area contributed by atoms with Crippen molar-refractivity contribution in [2.45, 2.75) is 50.0 Å². The van der Waals surface area contributed by atoms with E-state index in [1.165, 1.54) is 6.42 Å². The normalized spacial score (nSPS) is 20.5. The summed E-state index contributed by atoms with van der Waals surface area (Å²) in [7, 11) is -2.12. The molecule has 31 heavy (non-hydrogen) atoms. The Bertz CT molecular complexity index is 1070. The number of hydrogen-bond acceptors (Lipinski definition) is 4. The highest BCUT2D eigenvalue weighted by Crippen LogP contribution is 2.37. The largest absolute Gasteiger partial charge is 0.497 e. The van der Waals surface area contributed by atoms with Crippen molar-refractivity contribution in [3.05, 3.63) is 71.3 Å². The van der Waals surface area contributed by atoms with Crippen LogP contribution in [0.2, 0.25) is 0 Å². The third-order valence-corrected chi connectivity index (χ3v) is 8.29. The van der Waals surface area contributed by atoms with Crippen LogP contribution < -0.4 is 4.74 Å². The van der Waals surface area contributed by atoms with Gasteiger partial charge in [0.2, 0.25) is 10.0 Å². The number of carbonyl (C=O) groups is 1. The van der Waals surface area contributed by atoms with Crippen molar-refractivity contribution >= 4 is 15.8 Å². The van der Waals surface area contributed by atoms with Crippen LogP contribution in [0.3, 0.4) is 0 Å². The molecule has 5 nitrogen and oxygen atoms in total. The minimum absolute atomic E-state index is 0.113. The lowest BCUT2D eigenvalue weighted by Crippen LogP contribution is -2.41. The van der Waals surface area contributed by atoms with Gasteiger partial charge in [-0.3, -0.25) is 4.79 Å². The zero-order chi connectivity index (χ0) is 22.0. The number of aryl methyl sites for hydroxylation is 1. The molecule has 0 amide bonds. The number of ether oxygens (including phenoxy) is 1. The van der Waals surface area contributed by atoms with E-state index in [-0.39, 0.29) is 29.2 Å². The zero-order valence-corrected chi connectivity index (χ0v) is 18.9. The maximum absolute atomic E-state index is 13.6. The Morgan fingerprint density at radius 1 is 0.968 bits per heavy atom. The lowest BCUT2D eigenvalue weighted by molar-refractivity contribution is 0.103. The minimum atomic E-state index is -3.70. The average Bonchev–Trinajstić information content (AvgIpc) is 3.26. The van der Waals surface area contributed by atoms with Crippen LogP contribution in [-0.2, 0) is 10.0 Å². The highest BCUT2D eigenvalue weighted by Gasteiger charge is 2.41. The van der Waals surface area contributed by atoms with E-state index in [9.17, 15) is 13.2 Å². The third kappa shape index (κ3) is 4.46. The summed E-state index contributed by atoms with van der Waals surface area (Å²) in [6.45, 7) is 2.05. The molecule has 1 heterocycles. The van der Waals surface area contributed by atoms with E-state index in [0.717, 1.165) is 31.2 Å². The van der Waals surface area contributed by atoms with Crippen molar-refractivity contribution in [2.75, 3.05) is 13.7 Å². The van der Waals surface area contributed by atoms with Crippen LogP contribution in [0.5, 0.6) is 5.75 Å². The Balaban J connectivity index is 1.66. The van der Waals surface area contributed by atoms with Gasteiger partial charge < -0.3 is 4.74 Å². The molecule has 1 unspecified atom stereocenters. The first-order valence-corrected chi connectivity index (χ1v) is 12.3. The van der Waals surface area contributed by atoms with Gasteiger partial charge in [-0.15, -0.1) is 0 Å². The molecule has 0 saturated heterocycles. The molecule has 0 N–H and O–H groups in total. The molecule has 2 aliphatic rings. The molecule has 0 aromatic heterocycles. The summed E-state index contributed by atoms with van der Waals surface area (Å²) in [6.07, 6.45) is 7.30. The van der Waals surface area contributed by atoms with Gasteiger partial charge in [0.1, 0.15) is 5.75 Å². The lowest BCUT2D eigenvalue weighted by Gasteiger charge is -2.33. The van der Waals surface area contributed by atoms with E-state index < -0.39 is 10.0 Å². The first-order chi connectivity index (χ1) is 14.9. The first-order valence-electron chi connectivity index (χ1n) is 10.9. The summed E-state index contributed by atoms with van der Waals surface area (Å²) in [4.78, 5) is 13.5. The molecule has 1 fully saturated rings. The molecule has 1 atom stereocenters. The monoisotopic (exact) mass is 439 g/mol. The van der Waals surface area contributed by atoms with Crippen molar-refractivity contribution < 1.29 is 17.9 Å². The number of rotatable bonds is 6.